The van der Waals surface area contributed by atoms with E-state index in [-0.39, 0.29) is 5.41 Å². The van der Waals surface area contributed by atoms with Gasteiger partial charge in [-0.25, -0.2) is 0 Å². The SMILES string of the molecule is Clc1ccc(CC2(c3ccccc3)CNC2)s1. The summed E-state index contributed by atoms with van der Waals surface area (Å²) in [4.78, 5) is 1.38. The molecule has 1 saturated heterocycles. The molecule has 1 aromatic heterocycles. The fourth-order valence-corrected chi connectivity index (χ4v) is 3.66. The van der Waals surface area contributed by atoms with Crippen LogP contribution in [0.5, 0.6) is 0 Å². The monoisotopic (exact) mass is 263 g/mol. The number of nitrogens with one attached hydrogen (secondary N) is 1. The number of hydrogen-bond acceptors (Lipinski definition) is 2. The van der Waals surface area contributed by atoms with Gasteiger partial charge >= 0.3 is 0 Å². The lowest BCUT2D eigenvalue weighted by atomic mass is 9.72. The Labute approximate surface area is 110 Å². The Hall–Kier alpha value is -0.830. The summed E-state index contributed by atoms with van der Waals surface area (Å²) in [5.41, 5.74) is 1.71. The van der Waals surface area contributed by atoms with E-state index < -0.39 is 0 Å². The predicted octanol–water partition coefficient (Wildman–Crippen LogP) is 3.49. The van der Waals surface area contributed by atoms with Gasteiger partial charge in [0, 0.05) is 23.4 Å². The van der Waals surface area contributed by atoms with Gasteiger partial charge in [0.2, 0.25) is 0 Å². The highest BCUT2D eigenvalue weighted by Gasteiger charge is 2.38. The first-order chi connectivity index (χ1) is 8.28. The second-order valence-corrected chi connectivity index (χ2v) is 6.43. The van der Waals surface area contributed by atoms with E-state index in [1.807, 2.05) is 6.07 Å². The Morgan fingerprint density at radius 2 is 1.88 bits per heavy atom. The first-order valence-electron chi connectivity index (χ1n) is 5.79. The highest BCUT2D eigenvalue weighted by atomic mass is 35.5. The first-order valence-corrected chi connectivity index (χ1v) is 6.98. The summed E-state index contributed by atoms with van der Waals surface area (Å²) in [5.74, 6) is 0. The Morgan fingerprint density at radius 3 is 2.41 bits per heavy atom. The van der Waals surface area contributed by atoms with Crippen LogP contribution in [0, 0.1) is 0 Å². The lowest BCUT2D eigenvalue weighted by molar-refractivity contribution is 0.276. The smallest absolute Gasteiger partial charge is 0.0931 e. The highest BCUT2D eigenvalue weighted by Crippen LogP contribution is 2.35. The number of halogens is 1. The fraction of sp³-hybridized carbons (Fsp3) is 0.286. The molecule has 1 N–H and O–H groups in total. The maximum Gasteiger partial charge on any atom is 0.0931 e. The van der Waals surface area contributed by atoms with Crippen LogP contribution in [0.25, 0.3) is 0 Å². The number of rotatable bonds is 3. The van der Waals surface area contributed by atoms with Crippen LogP contribution in [-0.4, -0.2) is 13.1 Å². The first kappa shape index (κ1) is 11.3. The van der Waals surface area contributed by atoms with Gasteiger partial charge in [-0.05, 0) is 24.1 Å². The molecule has 0 atom stereocenters. The van der Waals surface area contributed by atoms with Crippen molar-refractivity contribution in [1.29, 1.82) is 0 Å². The molecular formula is C14H14ClNS. The fourth-order valence-electron chi connectivity index (χ4n) is 2.43. The summed E-state index contributed by atoms with van der Waals surface area (Å²) in [7, 11) is 0. The van der Waals surface area contributed by atoms with Gasteiger partial charge in [0.15, 0.2) is 0 Å². The quantitative estimate of drug-likeness (QED) is 0.894. The Bertz CT molecular complexity index is 502. The van der Waals surface area contributed by atoms with Crippen LogP contribution in [0.3, 0.4) is 0 Å². The Morgan fingerprint density at radius 1 is 1.12 bits per heavy atom. The van der Waals surface area contributed by atoms with Gasteiger partial charge < -0.3 is 5.32 Å². The second-order valence-electron chi connectivity index (χ2n) is 4.63. The van der Waals surface area contributed by atoms with Gasteiger partial charge in [-0.3, -0.25) is 0 Å². The highest BCUT2D eigenvalue weighted by molar-refractivity contribution is 7.16. The lowest BCUT2D eigenvalue weighted by Gasteiger charge is -2.43. The van der Waals surface area contributed by atoms with Crippen molar-refractivity contribution in [2.75, 3.05) is 13.1 Å². The summed E-state index contributed by atoms with van der Waals surface area (Å²) in [6.45, 7) is 2.12. The van der Waals surface area contributed by atoms with Crippen molar-refractivity contribution in [2.45, 2.75) is 11.8 Å². The summed E-state index contributed by atoms with van der Waals surface area (Å²) >= 11 is 7.70. The van der Waals surface area contributed by atoms with Gasteiger partial charge in [-0.2, -0.15) is 0 Å². The number of hydrogen-bond donors (Lipinski definition) is 1. The van der Waals surface area contributed by atoms with Gasteiger partial charge in [0.1, 0.15) is 0 Å². The van der Waals surface area contributed by atoms with Gasteiger partial charge in [-0.1, -0.05) is 41.9 Å². The summed E-state index contributed by atoms with van der Waals surface area (Å²) in [5, 5.41) is 3.40. The third-order valence-electron chi connectivity index (χ3n) is 3.45. The molecule has 0 amide bonds. The molecule has 1 nitrogen and oxygen atoms in total. The van der Waals surface area contributed by atoms with Crippen molar-refractivity contribution in [2.24, 2.45) is 0 Å². The Balaban J connectivity index is 1.88. The number of benzene rings is 1. The molecule has 0 bridgehead atoms. The predicted molar refractivity (Wildman–Crippen MR) is 74.0 cm³/mol. The van der Waals surface area contributed by atoms with E-state index in [0.717, 1.165) is 23.8 Å². The van der Waals surface area contributed by atoms with Crippen molar-refractivity contribution < 1.29 is 0 Å². The van der Waals surface area contributed by atoms with Crippen LogP contribution in [-0.2, 0) is 11.8 Å². The van der Waals surface area contributed by atoms with Crippen LogP contribution in [0.15, 0.2) is 42.5 Å². The van der Waals surface area contributed by atoms with Gasteiger partial charge in [0.05, 0.1) is 4.34 Å². The number of thiophene rings is 1. The van der Waals surface area contributed by atoms with Gasteiger partial charge in [-0.15, -0.1) is 11.3 Å². The molecule has 1 aliphatic rings. The minimum Gasteiger partial charge on any atom is -0.315 e. The average Bonchev–Trinajstić information content (AvgIpc) is 2.71. The standard InChI is InChI=1S/C14H14ClNS/c15-13-7-6-12(17-13)8-14(9-16-10-14)11-4-2-1-3-5-11/h1-7,16H,8-10H2. The molecule has 0 unspecified atom stereocenters. The van der Waals surface area contributed by atoms with Crippen LogP contribution < -0.4 is 5.32 Å². The minimum absolute atomic E-state index is 0.273. The molecule has 0 saturated carbocycles. The molecule has 3 rings (SSSR count). The second kappa shape index (κ2) is 4.45. The molecule has 0 aliphatic carbocycles. The van der Waals surface area contributed by atoms with Crippen molar-refractivity contribution in [3.8, 4) is 0 Å². The average molecular weight is 264 g/mol. The molecular weight excluding hydrogens is 250 g/mol. The van der Waals surface area contributed by atoms with E-state index >= 15 is 0 Å². The zero-order valence-electron chi connectivity index (χ0n) is 9.45. The van der Waals surface area contributed by atoms with E-state index in [0.29, 0.717) is 0 Å². The van der Waals surface area contributed by atoms with E-state index in [2.05, 4.69) is 41.7 Å². The van der Waals surface area contributed by atoms with Crippen LogP contribution in [0.4, 0.5) is 0 Å². The normalized spacial score (nSPS) is 17.7. The maximum absolute atomic E-state index is 6.00. The van der Waals surface area contributed by atoms with E-state index in [4.69, 9.17) is 11.6 Å². The molecule has 2 heterocycles. The largest absolute Gasteiger partial charge is 0.315 e. The minimum atomic E-state index is 0.273. The topological polar surface area (TPSA) is 12.0 Å². The van der Waals surface area contributed by atoms with Gasteiger partial charge in [0.25, 0.3) is 0 Å². The molecule has 3 heteroatoms. The zero-order valence-corrected chi connectivity index (χ0v) is 11.0. The summed E-state index contributed by atoms with van der Waals surface area (Å²) < 4.78 is 0.885. The van der Waals surface area contributed by atoms with E-state index in [9.17, 15) is 0 Å². The lowest BCUT2D eigenvalue weighted by Crippen LogP contribution is -2.58. The van der Waals surface area contributed by atoms with Crippen LogP contribution in [0.2, 0.25) is 4.34 Å². The molecule has 88 valence electrons. The third-order valence-corrected chi connectivity index (χ3v) is 4.69. The molecule has 1 aliphatic heterocycles. The zero-order chi connectivity index (χ0) is 11.7. The Kier molecular flexibility index (Phi) is 2.95. The van der Waals surface area contributed by atoms with E-state index in [1.165, 1.54) is 10.4 Å². The summed E-state index contributed by atoms with van der Waals surface area (Å²) in [6.07, 6.45) is 1.08. The van der Waals surface area contributed by atoms with Crippen molar-refractivity contribution in [3.63, 3.8) is 0 Å². The maximum atomic E-state index is 6.00. The van der Waals surface area contributed by atoms with E-state index in [1.54, 1.807) is 11.3 Å². The molecule has 1 aromatic carbocycles. The van der Waals surface area contributed by atoms with Crippen molar-refractivity contribution >= 4 is 22.9 Å². The molecule has 17 heavy (non-hydrogen) atoms. The summed E-state index contributed by atoms with van der Waals surface area (Å²) in [6, 6.07) is 14.9. The molecule has 0 radical (unpaired) electrons. The van der Waals surface area contributed by atoms with Crippen LogP contribution >= 0.6 is 22.9 Å². The third kappa shape index (κ3) is 2.13. The van der Waals surface area contributed by atoms with Crippen molar-refractivity contribution in [1.82, 2.24) is 5.32 Å². The molecule has 2 aromatic rings. The molecule has 1 fully saturated rings. The van der Waals surface area contributed by atoms with Crippen molar-refractivity contribution in [3.05, 3.63) is 57.2 Å². The molecule has 0 spiro atoms. The van der Waals surface area contributed by atoms with Crippen LogP contribution in [0.1, 0.15) is 10.4 Å².